The largest absolute Gasteiger partial charge is 0.871 e. The molecule has 0 radical (unpaired) electrons. The van der Waals surface area contributed by atoms with Crippen LogP contribution in [0.5, 0.6) is 5.75 Å². The molecule has 0 saturated heterocycles. The highest BCUT2D eigenvalue weighted by atomic mass is 35.5. The number of quaternary nitrogens is 1. The smallest absolute Gasteiger partial charge is 0.101 e. The quantitative estimate of drug-likeness (QED) is 0.692. The van der Waals surface area contributed by atoms with Gasteiger partial charge < -0.3 is 10.4 Å². The van der Waals surface area contributed by atoms with Crippen molar-refractivity contribution in [2.75, 3.05) is 6.54 Å². The summed E-state index contributed by atoms with van der Waals surface area (Å²) >= 11 is 11.7. The van der Waals surface area contributed by atoms with Gasteiger partial charge in [-0.2, -0.15) is 0 Å². The Labute approximate surface area is 132 Å². The summed E-state index contributed by atoms with van der Waals surface area (Å²) in [6.45, 7) is 6.24. The van der Waals surface area contributed by atoms with Crippen LogP contribution < -0.4 is 10.4 Å². The van der Waals surface area contributed by atoms with Gasteiger partial charge in [-0.25, -0.2) is 0 Å². The van der Waals surface area contributed by atoms with Crippen LogP contribution >= 0.6 is 23.2 Å². The highest BCUT2D eigenvalue weighted by Crippen LogP contribution is 2.28. The highest BCUT2D eigenvalue weighted by Gasteiger charge is 2.03. The molecule has 0 spiro atoms. The van der Waals surface area contributed by atoms with Crippen molar-refractivity contribution in [2.24, 2.45) is 5.92 Å². The molecule has 1 rings (SSSR count). The van der Waals surface area contributed by atoms with Crippen molar-refractivity contribution in [3.8, 4) is 5.75 Å². The van der Waals surface area contributed by atoms with E-state index in [2.05, 4.69) is 19.2 Å². The van der Waals surface area contributed by atoms with Crippen LogP contribution in [0.4, 0.5) is 0 Å². The molecule has 2 N–H and O–H groups in total. The minimum absolute atomic E-state index is 0.0933. The summed E-state index contributed by atoms with van der Waals surface area (Å²) in [6.07, 6.45) is 6.42. The molecule has 0 aromatic heterocycles. The van der Waals surface area contributed by atoms with Crippen molar-refractivity contribution >= 4 is 23.2 Å². The maximum Gasteiger partial charge on any atom is 0.101 e. The normalized spacial score (nSPS) is 11.2. The number of halogens is 2. The van der Waals surface area contributed by atoms with E-state index in [1.165, 1.54) is 38.2 Å². The topological polar surface area (TPSA) is 39.7 Å². The Morgan fingerprint density at radius 3 is 2.50 bits per heavy atom. The molecule has 0 saturated carbocycles. The number of nitrogens with two attached hydrogens (primary N) is 1. The monoisotopic (exact) mass is 317 g/mol. The second kappa shape index (κ2) is 9.49. The number of benzene rings is 1. The Balaban J connectivity index is 2.16. The first-order valence-electron chi connectivity index (χ1n) is 7.47. The average molecular weight is 318 g/mol. The van der Waals surface area contributed by atoms with Gasteiger partial charge in [-0.3, -0.25) is 0 Å². The molecule has 20 heavy (non-hydrogen) atoms. The Kier molecular flexibility index (Phi) is 8.35. The second-order valence-electron chi connectivity index (χ2n) is 5.75. The SMILES string of the molecule is CC(C)CCCCCC[NH2+]Cc1cc(Cl)cc(Cl)c1[O-]. The van der Waals surface area contributed by atoms with Crippen molar-refractivity contribution < 1.29 is 10.4 Å². The molecule has 0 unspecified atom stereocenters. The van der Waals surface area contributed by atoms with Crippen LogP contribution in [0.2, 0.25) is 10.0 Å². The molecule has 114 valence electrons. The molecular formula is C16H25Cl2NO. The van der Waals surface area contributed by atoms with Gasteiger partial charge in [0.25, 0.3) is 0 Å². The zero-order chi connectivity index (χ0) is 15.0. The van der Waals surface area contributed by atoms with Gasteiger partial charge in [0, 0.05) is 15.6 Å². The first-order valence-corrected chi connectivity index (χ1v) is 8.23. The van der Waals surface area contributed by atoms with Crippen LogP contribution in [0, 0.1) is 5.92 Å². The van der Waals surface area contributed by atoms with E-state index in [9.17, 15) is 5.11 Å². The zero-order valence-electron chi connectivity index (χ0n) is 12.4. The van der Waals surface area contributed by atoms with Crippen LogP contribution in [0.1, 0.15) is 51.5 Å². The van der Waals surface area contributed by atoms with E-state index >= 15 is 0 Å². The van der Waals surface area contributed by atoms with Gasteiger partial charge in [0.1, 0.15) is 6.54 Å². The molecule has 4 heteroatoms. The summed E-state index contributed by atoms with van der Waals surface area (Å²) in [7, 11) is 0. The number of unbranched alkanes of at least 4 members (excludes halogenated alkanes) is 3. The lowest BCUT2D eigenvalue weighted by Gasteiger charge is -2.15. The predicted octanol–water partition coefficient (Wildman–Crippen LogP) is 3.74. The molecule has 0 atom stereocenters. The van der Waals surface area contributed by atoms with Crippen molar-refractivity contribution in [3.63, 3.8) is 0 Å². The van der Waals surface area contributed by atoms with E-state index < -0.39 is 0 Å². The molecule has 0 aliphatic heterocycles. The Hall–Kier alpha value is -0.440. The van der Waals surface area contributed by atoms with Crippen LogP contribution in [0.15, 0.2) is 12.1 Å². The molecule has 0 aliphatic rings. The predicted molar refractivity (Wildman–Crippen MR) is 84.3 cm³/mol. The minimum atomic E-state index is -0.0933. The van der Waals surface area contributed by atoms with Crippen molar-refractivity contribution in [1.29, 1.82) is 0 Å². The number of hydrogen-bond acceptors (Lipinski definition) is 1. The van der Waals surface area contributed by atoms with E-state index in [0.717, 1.165) is 12.5 Å². The standard InChI is InChI=1S/C16H25Cl2NO/c1-12(2)7-5-3-4-6-8-19-11-13-9-14(17)10-15(18)16(13)20/h9-10,12,19-20H,3-8,11H2,1-2H3. The fourth-order valence-corrected chi connectivity index (χ4v) is 2.75. The van der Waals surface area contributed by atoms with Crippen molar-refractivity contribution in [2.45, 2.75) is 52.5 Å². The lowest BCUT2D eigenvalue weighted by molar-refractivity contribution is -0.671. The van der Waals surface area contributed by atoms with Gasteiger partial charge in [0.15, 0.2) is 0 Å². The van der Waals surface area contributed by atoms with Crippen LogP contribution in [0.25, 0.3) is 0 Å². The average Bonchev–Trinajstić information content (AvgIpc) is 2.37. The third kappa shape index (κ3) is 6.83. The van der Waals surface area contributed by atoms with E-state index in [4.69, 9.17) is 23.2 Å². The minimum Gasteiger partial charge on any atom is -0.871 e. The Morgan fingerprint density at radius 1 is 1.10 bits per heavy atom. The third-order valence-corrected chi connectivity index (χ3v) is 3.89. The Bertz CT molecular complexity index is 408. The van der Waals surface area contributed by atoms with E-state index in [1.807, 2.05) is 0 Å². The summed E-state index contributed by atoms with van der Waals surface area (Å²) in [6, 6.07) is 3.22. The first kappa shape index (κ1) is 17.6. The Morgan fingerprint density at radius 2 is 1.80 bits per heavy atom. The third-order valence-electron chi connectivity index (χ3n) is 3.39. The highest BCUT2D eigenvalue weighted by molar-refractivity contribution is 6.35. The molecule has 0 aliphatic carbocycles. The summed E-state index contributed by atoms with van der Waals surface area (Å²) < 4.78 is 0. The lowest BCUT2D eigenvalue weighted by Crippen LogP contribution is -2.82. The van der Waals surface area contributed by atoms with Crippen molar-refractivity contribution in [3.05, 3.63) is 27.7 Å². The fraction of sp³-hybridized carbons (Fsp3) is 0.625. The lowest BCUT2D eigenvalue weighted by atomic mass is 10.0. The maximum atomic E-state index is 11.8. The molecule has 0 amide bonds. The molecule has 0 fully saturated rings. The van der Waals surface area contributed by atoms with Gasteiger partial charge in [-0.05, 0) is 30.9 Å². The van der Waals surface area contributed by atoms with Crippen molar-refractivity contribution in [1.82, 2.24) is 0 Å². The molecule has 0 heterocycles. The fourth-order valence-electron chi connectivity index (χ4n) is 2.22. The van der Waals surface area contributed by atoms with Gasteiger partial charge in [0.2, 0.25) is 0 Å². The number of rotatable bonds is 9. The molecule has 0 bridgehead atoms. The van der Waals surface area contributed by atoms with E-state index in [0.29, 0.717) is 17.1 Å². The summed E-state index contributed by atoms with van der Waals surface area (Å²) in [5.74, 6) is 0.717. The zero-order valence-corrected chi connectivity index (χ0v) is 13.9. The van der Waals surface area contributed by atoms with Gasteiger partial charge in [0.05, 0.1) is 6.54 Å². The summed E-state index contributed by atoms with van der Waals surface area (Å²) in [5, 5.41) is 14.7. The maximum absolute atomic E-state index is 11.8. The van der Waals surface area contributed by atoms with Crippen LogP contribution in [-0.4, -0.2) is 6.54 Å². The second-order valence-corrected chi connectivity index (χ2v) is 6.60. The first-order chi connectivity index (χ1) is 9.50. The molecule has 1 aromatic rings. The van der Waals surface area contributed by atoms with Gasteiger partial charge in [-0.15, -0.1) is 0 Å². The van der Waals surface area contributed by atoms with E-state index in [-0.39, 0.29) is 10.8 Å². The van der Waals surface area contributed by atoms with Gasteiger partial charge >= 0.3 is 0 Å². The van der Waals surface area contributed by atoms with Crippen LogP contribution in [-0.2, 0) is 6.54 Å². The molecule has 2 nitrogen and oxygen atoms in total. The summed E-state index contributed by atoms with van der Waals surface area (Å²) in [5.41, 5.74) is 0.697. The van der Waals surface area contributed by atoms with Crippen LogP contribution in [0.3, 0.4) is 0 Å². The molecule has 1 aromatic carbocycles. The summed E-state index contributed by atoms with van der Waals surface area (Å²) in [4.78, 5) is 0. The van der Waals surface area contributed by atoms with E-state index in [1.54, 1.807) is 6.07 Å². The van der Waals surface area contributed by atoms with Gasteiger partial charge in [-0.1, -0.05) is 62.1 Å². The molecular weight excluding hydrogens is 293 g/mol. The number of hydrogen-bond donors (Lipinski definition) is 1.